The van der Waals surface area contributed by atoms with Crippen molar-refractivity contribution in [3.05, 3.63) is 63.6 Å². The lowest BCUT2D eigenvalue weighted by Crippen LogP contribution is -1.99. The van der Waals surface area contributed by atoms with Gasteiger partial charge in [0, 0.05) is 0 Å². The van der Waals surface area contributed by atoms with Crippen LogP contribution in [-0.4, -0.2) is 0 Å². The number of nitroso groups, excluding NO2 is 1. The first-order valence-corrected chi connectivity index (χ1v) is 6.71. The van der Waals surface area contributed by atoms with Crippen molar-refractivity contribution in [2.45, 2.75) is 33.1 Å². The molecule has 0 atom stereocenters. The number of allylic oxidation sites excluding steroid dienone is 5. The minimum atomic E-state index is 0.478. The maximum Gasteiger partial charge on any atom is 0.108 e. The van der Waals surface area contributed by atoms with Crippen LogP contribution >= 0.6 is 0 Å². The maximum atomic E-state index is 10.4. The molecule has 1 aromatic rings. The van der Waals surface area contributed by atoms with Crippen LogP contribution in [0.2, 0.25) is 0 Å². The van der Waals surface area contributed by atoms with Gasteiger partial charge in [-0.15, -0.1) is 4.91 Å². The molecular weight excluding hydrogens is 234 g/mol. The molecular formula is C17H19NO. The maximum absolute atomic E-state index is 10.4. The molecule has 0 saturated carbocycles. The van der Waals surface area contributed by atoms with E-state index >= 15 is 0 Å². The van der Waals surface area contributed by atoms with E-state index in [9.17, 15) is 4.91 Å². The molecule has 0 aliphatic heterocycles. The molecule has 0 heterocycles. The summed E-state index contributed by atoms with van der Waals surface area (Å²) in [5.41, 5.74) is 5.81. The van der Waals surface area contributed by atoms with Gasteiger partial charge in [-0.1, -0.05) is 35.9 Å². The standard InChI is InChI=1S/C17H19NO/c1-3-5-17-13(2)6-4-7-15(17)12-14-8-10-16(18-19)11-9-14/h3,5,8-12H,4,6-7H2,1-2H3/b5-3-,15-12+. The lowest BCUT2D eigenvalue weighted by Gasteiger charge is -2.19. The van der Waals surface area contributed by atoms with Gasteiger partial charge in [0.2, 0.25) is 0 Å². The van der Waals surface area contributed by atoms with Crippen molar-refractivity contribution >= 4 is 11.8 Å². The Bertz CT molecular complexity index is 547. The molecule has 19 heavy (non-hydrogen) atoms. The molecule has 1 aromatic carbocycles. The summed E-state index contributed by atoms with van der Waals surface area (Å²) in [5, 5.41) is 2.92. The monoisotopic (exact) mass is 253 g/mol. The van der Waals surface area contributed by atoms with Crippen LogP contribution < -0.4 is 0 Å². The Hall–Kier alpha value is -1.96. The van der Waals surface area contributed by atoms with Gasteiger partial charge in [-0.05, 0) is 67.1 Å². The van der Waals surface area contributed by atoms with E-state index in [4.69, 9.17) is 0 Å². The topological polar surface area (TPSA) is 29.4 Å². The highest BCUT2D eigenvalue weighted by Crippen LogP contribution is 2.32. The van der Waals surface area contributed by atoms with E-state index in [2.05, 4.69) is 37.3 Å². The Labute approximate surface area is 114 Å². The van der Waals surface area contributed by atoms with Gasteiger partial charge in [-0.2, -0.15) is 0 Å². The first-order chi connectivity index (χ1) is 9.24. The average molecular weight is 253 g/mol. The molecule has 1 aliphatic carbocycles. The van der Waals surface area contributed by atoms with Gasteiger partial charge in [0.15, 0.2) is 0 Å². The third-order valence-electron chi connectivity index (χ3n) is 3.48. The van der Waals surface area contributed by atoms with Crippen LogP contribution in [0.3, 0.4) is 0 Å². The highest BCUT2D eigenvalue weighted by molar-refractivity contribution is 5.63. The Kier molecular flexibility index (Phi) is 4.45. The van der Waals surface area contributed by atoms with Crippen molar-refractivity contribution in [2.24, 2.45) is 5.18 Å². The zero-order valence-electron chi connectivity index (χ0n) is 11.5. The quantitative estimate of drug-likeness (QED) is 0.650. The third-order valence-corrected chi connectivity index (χ3v) is 3.48. The van der Waals surface area contributed by atoms with Gasteiger partial charge in [-0.3, -0.25) is 0 Å². The predicted octanol–water partition coefficient (Wildman–Crippen LogP) is 5.54. The zero-order valence-corrected chi connectivity index (χ0v) is 11.5. The van der Waals surface area contributed by atoms with Crippen molar-refractivity contribution in [1.29, 1.82) is 0 Å². The normalized spacial score (nSPS) is 18.3. The molecule has 0 fully saturated rings. The van der Waals surface area contributed by atoms with Gasteiger partial charge in [0.05, 0.1) is 0 Å². The SMILES string of the molecule is C/C=C\C1=C(C)CCC/C1=C\c1ccc(N=O)cc1. The second-order valence-corrected chi connectivity index (χ2v) is 4.90. The first kappa shape index (κ1) is 13.5. The molecule has 0 radical (unpaired) electrons. The molecule has 0 aromatic heterocycles. The predicted molar refractivity (Wildman–Crippen MR) is 81.2 cm³/mol. The fraction of sp³-hybridized carbons (Fsp3) is 0.294. The number of rotatable bonds is 3. The molecule has 2 rings (SSSR count). The molecule has 2 heteroatoms. The van der Waals surface area contributed by atoms with Crippen LogP contribution in [0.4, 0.5) is 5.69 Å². The molecule has 1 aliphatic rings. The molecule has 98 valence electrons. The number of hydrogen-bond acceptors (Lipinski definition) is 2. The van der Waals surface area contributed by atoms with E-state index < -0.39 is 0 Å². The zero-order chi connectivity index (χ0) is 13.7. The second-order valence-electron chi connectivity index (χ2n) is 4.90. The van der Waals surface area contributed by atoms with Crippen LogP contribution in [0, 0.1) is 4.91 Å². The Morgan fingerprint density at radius 3 is 2.53 bits per heavy atom. The lowest BCUT2D eigenvalue weighted by molar-refractivity contribution is 0.774. The smallest absolute Gasteiger partial charge is 0.108 e. The van der Waals surface area contributed by atoms with Crippen molar-refractivity contribution in [3.63, 3.8) is 0 Å². The Morgan fingerprint density at radius 2 is 1.89 bits per heavy atom. The molecule has 2 nitrogen and oxygen atoms in total. The Balaban J connectivity index is 2.34. The third kappa shape index (κ3) is 3.28. The second kappa shape index (κ2) is 6.28. The summed E-state index contributed by atoms with van der Waals surface area (Å²) in [6, 6.07) is 7.41. The fourth-order valence-electron chi connectivity index (χ4n) is 2.49. The molecule has 0 amide bonds. The first-order valence-electron chi connectivity index (χ1n) is 6.71. The summed E-state index contributed by atoms with van der Waals surface area (Å²) >= 11 is 0. The minimum Gasteiger partial charge on any atom is -0.145 e. The van der Waals surface area contributed by atoms with Crippen LogP contribution in [0.5, 0.6) is 0 Å². The van der Waals surface area contributed by atoms with Crippen LogP contribution in [0.25, 0.3) is 6.08 Å². The van der Waals surface area contributed by atoms with Gasteiger partial charge >= 0.3 is 0 Å². The summed E-state index contributed by atoms with van der Waals surface area (Å²) in [6.07, 6.45) is 10.0. The largest absolute Gasteiger partial charge is 0.145 e. The number of benzene rings is 1. The van der Waals surface area contributed by atoms with Crippen molar-refractivity contribution in [1.82, 2.24) is 0 Å². The van der Waals surface area contributed by atoms with E-state index in [1.165, 1.54) is 29.6 Å². The van der Waals surface area contributed by atoms with Gasteiger partial charge in [-0.25, -0.2) is 0 Å². The summed E-state index contributed by atoms with van der Waals surface area (Å²) in [7, 11) is 0. The molecule has 0 unspecified atom stereocenters. The van der Waals surface area contributed by atoms with Crippen molar-refractivity contribution in [2.75, 3.05) is 0 Å². The molecule has 0 saturated heterocycles. The van der Waals surface area contributed by atoms with E-state index in [1.54, 1.807) is 12.1 Å². The fourth-order valence-corrected chi connectivity index (χ4v) is 2.49. The van der Waals surface area contributed by atoms with Crippen LogP contribution in [0.15, 0.2) is 58.3 Å². The van der Waals surface area contributed by atoms with Crippen LogP contribution in [-0.2, 0) is 0 Å². The van der Waals surface area contributed by atoms with Gasteiger partial charge < -0.3 is 0 Å². The van der Waals surface area contributed by atoms with Gasteiger partial charge in [0.25, 0.3) is 0 Å². The van der Waals surface area contributed by atoms with E-state index in [0.717, 1.165) is 12.0 Å². The number of nitrogens with zero attached hydrogens (tertiary/aromatic N) is 1. The molecule has 0 N–H and O–H groups in total. The Morgan fingerprint density at radius 1 is 1.16 bits per heavy atom. The average Bonchev–Trinajstić information content (AvgIpc) is 2.43. The van der Waals surface area contributed by atoms with Crippen molar-refractivity contribution < 1.29 is 0 Å². The summed E-state index contributed by atoms with van der Waals surface area (Å²) in [4.78, 5) is 10.4. The van der Waals surface area contributed by atoms with Crippen LogP contribution in [0.1, 0.15) is 38.7 Å². The van der Waals surface area contributed by atoms with E-state index in [1.807, 2.05) is 12.1 Å². The summed E-state index contributed by atoms with van der Waals surface area (Å²) in [6.45, 7) is 4.26. The minimum absolute atomic E-state index is 0.478. The summed E-state index contributed by atoms with van der Waals surface area (Å²) < 4.78 is 0. The molecule has 0 spiro atoms. The lowest BCUT2D eigenvalue weighted by atomic mass is 9.86. The summed E-state index contributed by atoms with van der Waals surface area (Å²) in [5.74, 6) is 0. The van der Waals surface area contributed by atoms with Crippen molar-refractivity contribution in [3.8, 4) is 0 Å². The highest BCUT2D eigenvalue weighted by atomic mass is 16.3. The number of hydrogen-bond donors (Lipinski definition) is 0. The molecule has 0 bridgehead atoms. The van der Waals surface area contributed by atoms with E-state index in [0.29, 0.717) is 5.69 Å². The van der Waals surface area contributed by atoms with Gasteiger partial charge in [0.1, 0.15) is 5.69 Å². The van der Waals surface area contributed by atoms with E-state index in [-0.39, 0.29) is 0 Å². The highest BCUT2D eigenvalue weighted by Gasteiger charge is 2.12.